The number of benzene rings is 2. The van der Waals surface area contributed by atoms with Gasteiger partial charge in [-0.15, -0.1) is 4.94 Å². The van der Waals surface area contributed by atoms with Crippen LogP contribution in [-0.4, -0.2) is 15.7 Å². The first-order valence-electron chi connectivity index (χ1n) is 7.42. The molecule has 1 amide bonds. The molecule has 0 aliphatic heterocycles. The summed E-state index contributed by atoms with van der Waals surface area (Å²) in [5.41, 5.74) is 2.60. The van der Waals surface area contributed by atoms with Crippen LogP contribution in [-0.2, 0) is 0 Å². The number of nitrogens with one attached hydrogen (secondary N) is 2. The Hall–Kier alpha value is -2.09. The smallest absolute Gasteiger partial charge is 0.287 e. The van der Waals surface area contributed by atoms with E-state index >= 15 is 0 Å². The van der Waals surface area contributed by atoms with Gasteiger partial charge in [-0.25, -0.2) is 4.68 Å². The molecular weight excluding hydrogens is 434 g/mol. The second-order valence-corrected chi connectivity index (χ2v) is 6.77. The standard InChI is InChI=1S/C17H10Cl4N4O2/c18-9-1-4-11(5-2-9)25-14(12-6-3-10(19)7-13(12)20)8-15(26)16(23-25)17(27)22-24-21/h1-8,24H,(H,22,27). The summed E-state index contributed by atoms with van der Waals surface area (Å²) < 4.78 is 1.41. The molecule has 1 heterocycles. The molecule has 2 N–H and O–H groups in total. The van der Waals surface area contributed by atoms with Gasteiger partial charge in [0.25, 0.3) is 5.91 Å². The minimum absolute atomic E-state index is 0.325. The highest BCUT2D eigenvalue weighted by atomic mass is 35.5. The zero-order valence-electron chi connectivity index (χ0n) is 13.3. The summed E-state index contributed by atoms with van der Waals surface area (Å²) in [5, 5.41) is 5.48. The number of amides is 1. The van der Waals surface area contributed by atoms with Crippen molar-refractivity contribution >= 4 is 52.5 Å². The number of hydrogen-bond donors (Lipinski definition) is 2. The van der Waals surface area contributed by atoms with Crippen LogP contribution in [0.3, 0.4) is 0 Å². The van der Waals surface area contributed by atoms with E-state index in [2.05, 4.69) is 10.5 Å². The van der Waals surface area contributed by atoms with Crippen molar-refractivity contribution < 1.29 is 4.79 Å². The molecule has 0 aliphatic carbocycles. The van der Waals surface area contributed by atoms with Crippen molar-refractivity contribution in [1.29, 1.82) is 0 Å². The molecule has 1 aromatic heterocycles. The fourth-order valence-corrected chi connectivity index (χ4v) is 3.10. The second-order valence-electron chi connectivity index (χ2n) is 5.30. The van der Waals surface area contributed by atoms with Crippen LogP contribution in [0.4, 0.5) is 0 Å². The van der Waals surface area contributed by atoms with Crippen molar-refractivity contribution in [1.82, 2.24) is 20.2 Å². The largest absolute Gasteiger partial charge is 0.290 e. The molecule has 0 aliphatic rings. The van der Waals surface area contributed by atoms with Crippen molar-refractivity contribution in [2.24, 2.45) is 0 Å². The highest BCUT2D eigenvalue weighted by molar-refractivity contribution is 6.36. The summed E-state index contributed by atoms with van der Waals surface area (Å²) in [5.74, 6) is -0.786. The molecule has 0 radical (unpaired) electrons. The van der Waals surface area contributed by atoms with E-state index in [1.165, 1.54) is 10.7 Å². The number of carbonyl (C=O) groups excluding carboxylic acids is 1. The third-order valence-corrected chi connectivity index (χ3v) is 4.48. The summed E-state index contributed by atoms with van der Waals surface area (Å²) in [6.45, 7) is 0. The maximum atomic E-state index is 12.4. The van der Waals surface area contributed by atoms with Crippen molar-refractivity contribution in [3.63, 3.8) is 0 Å². The lowest BCUT2D eigenvalue weighted by atomic mass is 10.1. The van der Waals surface area contributed by atoms with Gasteiger partial charge in [0.15, 0.2) is 5.69 Å². The van der Waals surface area contributed by atoms with Crippen molar-refractivity contribution in [2.45, 2.75) is 0 Å². The van der Waals surface area contributed by atoms with E-state index in [4.69, 9.17) is 46.6 Å². The molecule has 6 nitrogen and oxygen atoms in total. The number of halogens is 4. The molecule has 27 heavy (non-hydrogen) atoms. The van der Waals surface area contributed by atoms with Crippen molar-refractivity contribution in [3.8, 4) is 16.9 Å². The van der Waals surface area contributed by atoms with Crippen LogP contribution in [0.2, 0.25) is 15.1 Å². The molecule has 0 spiro atoms. The zero-order chi connectivity index (χ0) is 19.6. The molecule has 0 saturated heterocycles. The van der Waals surface area contributed by atoms with E-state index in [1.807, 2.05) is 4.94 Å². The number of hydrazine groups is 1. The van der Waals surface area contributed by atoms with Crippen molar-refractivity contribution in [2.75, 3.05) is 0 Å². The van der Waals surface area contributed by atoms with Crippen LogP contribution < -0.4 is 15.8 Å². The van der Waals surface area contributed by atoms with Crippen LogP contribution in [0.5, 0.6) is 0 Å². The quantitative estimate of drug-likeness (QED) is 0.466. The lowest BCUT2D eigenvalue weighted by molar-refractivity contribution is 0.0938. The monoisotopic (exact) mass is 442 g/mol. The Morgan fingerprint density at radius 2 is 1.63 bits per heavy atom. The fourth-order valence-electron chi connectivity index (χ4n) is 2.38. The summed E-state index contributed by atoms with van der Waals surface area (Å²) in [6, 6.07) is 12.8. The van der Waals surface area contributed by atoms with E-state index in [0.29, 0.717) is 32.0 Å². The van der Waals surface area contributed by atoms with Gasteiger partial charge in [0, 0.05) is 21.7 Å². The van der Waals surface area contributed by atoms with E-state index in [0.717, 1.165) is 0 Å². The number of hydrogen-bond acceptors (Lipinski definition) is 4. The average molecular weight is 444 g/mol. The molecule has 10 heteroatoms. The van der Waals surface area contributed by atoms with Crippen LogP contribution in [0.25, 0.3) is 16.9 Å². The summed E-state index contributed by atoms with van der Waals surface area (Å²) in [7, 11) is 0. The van der Waals surface area contributed by atoms with Gasteiger partial charge in [-0.2, -0.15) is 5.10 Å². The molecule has 0 fully saturated rings. The summed E-state index contributed by atoms with van der Waals surface area (Å²) in [4.78, 5) is 26.5. The van der Waals surface area contributed by atoms with Gasteiger partial charge in [-0.1, -0.05) is 34.8 Å². The second kappa shape index (κ2) is 8.29. The highest BCUT2D eigenvalue weighted by Gasteiger charge is 2.19. The highest BCUT2D eigenvalue weighted by Crippen LogP contribution is 2.31. The summed E-state index contributed by atoms with van der Waals surface area (Å²) >= 11 is 23.5. The molecule has 0 atom stereocenters. The molecule has 138 valence electrons. The molecule has 0 saturated carbocycles. The lowest BCUT2D eigenvalue weighted by Gasteiger charge is -2.15. The SMILES string of the molecule is O=C(NNCl)c1nn(-c2ccc(Cl)cc2)c(-c2ccc(Cl)cc2Cl)cc1=O. The Balaban J connectivity index is 2.28. The normalized spacial score (nSPS) is 10.7. The minimum atomic E-state index is -0.786. The Morgan fingerprint density at radius 1 is 0.963 bits per heavy atom. The lowest BCUT2D eigenvalue weighted by Crippen LogP contribution is -2.36. The van der Waals surface area contributed by atoms with Gasteiger partial charge >= 0.3 is 0 Å². The third kappa shape index (κ3) is 4.26. The third-order valence-electron chi connectivity index (χ3n) is 3.58. The van der Waals surface area contributed by atoms with Crippen LogP contribution in [0.15, 0.2) is 53.3 Å². The number of rotatable bonds is 4. The van der Waals surface area contributed by atoms with Gasteiger partial charge in [0.2, 0.25) is 5.43 Å². The van der Waals surface area contributed by atoms with Gasteiger partial charge in [-0.05, 0) is 54.2 Å². The van der Waals surface area contributed by atoms with E-state index in [-0.39, 0.29) is 5.69 Å². The molecule has 0 bridgehead atoms. The van der Waals surface area contributed by atoms with Crippen LogP contribution in [0, 0.1) is 0 Å². The molecule has 3 aromatic rings. The molecular formula is C17H10Cl4N4O2. The van der Waals surface area contributed by atoms with Gasteiger partial charge < -0.3 is 0 Å². The van der Waals surface area contributed by atoms with Gasteiger partial charge in [-0.3, -0.25) is 15.0 Å². The first kappa shape index (κ1) is 19.7. The van der Waals surface area contributed by atoms with E-state index in [1.54, 1.807) is 42.5 Å². The maximum Gasteiger partial charge on any atom is 0.290 e. The van der Waals surface area contributed by atoms with Crippen LogP contribution in [0.1, 0.15) is 10.5 Å². The maximum absolute atomic E-state index is 12.4. The number of nitrogens with zero attached hydrogens (tertiary/aromatic N) is 2. The minimum Gasteiger partial charge on any atom is -0.287 e. The fraction of sp³-hybridized carbons (Fsp3) is 0. The van der Waals surface area contributed by atoms with Crippen molar-refractivity contribution in [3.05, 3.63) is 79.5 Å². The van der Waals surface area contributed by atoms with Gasteiger partial charge in [0.1, 0.15) is 0 Å². The molecule has 2 aromatic carbocycles. The van der Waals surface area contributed by atoms with Crippen LogP contribution >= 0.6 is 46.6 Å². The topological polar surface area (TPSA) is 76.0 Å². The van der Waals surface area contributed by atoms with Gasteiger partial charge in [0.05, 0.1) is 16.4 Å². The van der Waals surface area contributed by atoms with E-state index < -0.39 is 11.3 Å². The number of carbonyl (C=O) groups is 1. The predicted octanol–water partition coefficient (Wildman–Crippen LogP) is 4.25. The Kier molecular flexibility index (Phi) is 6.04. The Labute approximate surface area is 173 Å². The predicted molar refractivity (Wildman–Crippen MR) is 107 cm³/mol. The Bertz CT molecular complexity index is 1070. The summed E-state index contributed by atoms with van der Waals surface area (Å²) in [6.07, 6.45) is 0. The Morgan fingerprint density at radius 3 is 2.26 bits per heavy atom. The average Bonchev–Trinajstić information content (AvgIpc) is 2.62. The zero-order valence-corrected chi connectivity index (χ0v) is 16.4. The first-order chi connectivity index (χ1) is 12.9. The molecule has 0 unspecified atom stereocenters. The number of aromatic nitrogens is 2. The van der Waals surface area contributed by atoms with E-state index in [9.17, 15) is 9.59 Å². The first-order valence-corrected chi connectivity index (χ1v) is 8.93. The molecule has 3 rings (SSSR count).